The van der Waals surface area contributed by atoms with Gasteiger partial charge in [0.25, 0.3) is 0 Å². The van der Waals surface area contributed by atoms with E-state index in [0.717, 1.165) is 37.5 Å². The topological polar surface area (TPSA) is 76.7 Å². The molecule has 2 N–H and O–H groups in total. The van der Waals surface area contributed by atoms with Crippen LogP contribution in [0.2, 0.25) is 0 Å². The molecule has 2 saturated heterocycles. The molecule has 0 bridgehead atoms. The average Bonchev–Trinajstić information content (AvgIpc) is 2.84. The van der Waals surface area contributed by atoms with Gasteiger partial charge in [0, 0.05) is 49.6 Å². The van der Waals surface area contributed by atoms with Crippen molar-refractivity contribution in [2.75, 3.05) is 31.1 Å². The molecule has 2 fully saturated rings. The number of hydrogen-bond acceptors (Lipinski definition) is 7. The van der Waals surface area contributed by atoms with E-state index in [4.69, 9.17) is 25.0 Å². The van der Waals surface area contributed by atoms with E-state index in [1.54, 1.807) is 0 Å². The van der Waals surface area contributed by atoms with Crippen LogP contribution in [0, 0.1) is 0 Å². The molecule has 3 rings (SSSR count). The van der Waals surface area contributed by atoms with Gasteiger partial charge >= 0.3 is 7.12 Å². The van der Waals surface area contributed by atoms with Crippen LogP contribution in [0.25, 0.3) is 0 Å². The zero-order chi connectivity index (χ0) is 20.5. The van der Waals surface area contributed by atoms with Gasteiger partial charge in [-0.2, -0.15) is 0 Å². The van der Waals surface area contributed by atoms with Crippen molar-refractivity contribution >= 4 is 18.5 Å². The van der Waals surface area contributed by atoms with Crippen molar-refractivity contribution < 1.29 is 9.31 Å². The molecule has 1 aromatic heterocycles. The quantitative estimate of drug-likeness (QED) is 0.738. The highest BCUT2D eigenvalue weighted by Gasteiger charge is 2.52. The summed E-state index contributed by atoms with van der Waals surface area (Å²) in [5.41, 5.74) is 5.89. The minimum atomic E-state index is -0.429. The lowest BCUT2D eigenvalue weighted by atomic mass is 9.81. The van der Waals surface area contributed by atoms with Gasteiger partial charge < -0.3 is 24.8 Å². The van der Waals surface area contributed by atoms with Gasteiger partial charge in [-0.05, 0) is 60.9 Å². The number of likely N-dealkylation sites (tertiary alicyclic amines) is 1. The van der Waals surface area contributed by atoms with E-state index in [1.807, 2.05) is 12.4 Å². The Morgan fingerprint density at radius 1 is 1.21 bits per heavy atom. The normalized spacial score (nSPS) is 24.7. The standard InChI is InChI=1S/C20H36BN5O2/c1-15(2)26(17-8-7-10-25(14-17)11-9-22)18-23-12-16(13-24-18)21-27-19(3,4)20(5,6)28-21/h12-13,15,17H,7-11,14,22H2,1-6H3/t17-/m1/s1. The molecule has 1 aromatic rings. The van der Waals surface area contributed by atoms with Crippen LogP contribution in [0.5, 0.6) is 0 Å². The summed E-state index contributed by atoms with van der Waals surface area (Å²) in [6.07, 6.45) is 6.03. The van der Waals surface area contributed by atoms with Crippen molar-refractivity contribution in [3.8, 4) is 0 Å². The van der Waals surface area contributed by atoms with E-state index in [9.17, 15) is 0 Å². The van der Waals surface area contributed by atoms with E-state index in [-0.39, 0.29) is 11.2 Å². The SMILES string of the molecule is CC(C)N(c1ncc(B2OC(C)(C)C(C)(C)O2)cn1)[C@@H]1CCCN(CCN)C1. The van der Waals surface area contributed by atoms with Crippen LogP contribution in [0.4, 0.5) is 5.95 Å². The molecule has 156 valence electrons. The maximum Gasteiger partial charge on any atom is 0.498 e. The van der Waals surface area contributed by atoms with Crippen molar-refractivity contribution in [1.29, 1.82) is 0 Å². The zero-order valence-electron chi connectivity index (χ0n) is 18.3. The van der Waals surface area contributed by atoms with Crippen LogP contribution in [0.15, 0.2) is 12.4 Å². The van der Waals surface area contributed by atoms with Crippen LogP contribution >= 0.6 is 0 Å². The fraction of sp³-hybridized carbons (Fsp3) is 0.800. The molecule has 0 aliphatic carbocycles. The van der Waals surface area contributed by atoms with Gasteiger partial charge in [-0.1, -0.05) is 0 Å². The molecule has 0 aromatic carbocycles. The van der Waals surface area contributed by atoms with Gasteiger partial charge in [-0.3, -0.25) is 0 Å². The number of hydrogen-bond donors (Lipinski definition) is 1. The number of rotatable bonds is 6. The van der Waals surface area contributed by atoms with Crippen LogP contribution in [-0.2, 0) is 9.31 Å². The Labute approximate surface area is 170 Å². The molecule has 0 amide bonds. The van der Waals surface area contributed by atoms with E-state index in [2.05, 4.69) is 51.3 Å². The molecule has 3 heterocycles. The van der Waals surface area contributed by atoms with Gasteiger partial charge in [0.15, 0.2) is 0 Å². The van der Waals surface area contributed by atoms with Gasteiger partial charge in [-0.15, -0.1) is 0 Å². The summed E-state index contributed by atoms with van der Waals surface area (Å²) < 4.78 is 12.2. The highest BCUT2D eigenvalue weighted by atomic mass is 16.7. The monoisotopic (exact) mass is 389 g/mol. The van der Waals surface area contributed by atoms with Gasteiger partial charge in [0.05, 0.1) is 11.2 Å². The van der Waals surface area contributed by atoms with Crippen molar-refractivity contribution in [2.24, 2.45) is 5.73 Å². The lowest BCUT2D eigenvalue weighted by molar-refractivity contribution is 0.00578. The molecule has 0 unspecified atom stereocenters. The van der Waals surface area contributed by atoms with Crippen LogP contribution in [0.3, 0.4) is 0 Å². The lowest BCUT2D eigenvalue weighted by Crippen LogP contribution is -2.52. The predicted molar refractivity (Wildman–Crippen MR) is 114 cm³/mol. The van der Waals surface area contributed by atoms with E-state index < -0.39 is 7.12 Å². The highest BCUT2D eigenvalue weighted by Crippen LogP contribution is 2.36. The first-order chi connectivity index (χ1) is 13.1. The summed E-state index contributed by atoms with van der Waals surface area (Å²) in [6, 6.07) is 0.730. The summed E-state index contributed by atoms with van der Waals surface area (Å²) in [4.78, 5) is 14.2. The first-order valence-electron chi connectivity index (χ1n) is 10.5. The summed E-state index contributed by atoms with van der Waals surface area (Å²) in [6.45, 7) is 16.4. The Morgan fingerprint density at radius 3 is 2.36 bits per heavy atom. The molecule has 0 spiro atoms. The van der Waals surface area contributed by atoms with Gasteiger partial charge in [0.2, 0.25) is 5.95 Å². The first-order valence-corrected chi connectivity index (χ1v) is 10.5. The molecule has 0 radical (unpaired) electrons. The number of aromatic nitrogens is 2. The molecule has 0 saturated carbocycles. The van der Waals surface area contributed by atoms with E-state index in [0.29, 0.717) is 18.6 Å². The molecular formula is C20H36BN5O2. The number of nitrogens with two attached hydrogens (primary N) is 1. The van der Waals surface area contributed by atoms with Crippen molar-refractivity contribution in [3.63, 3.8) is 0 Å². The second-order valence-electron chi connectivity index (χ2n) is 9.29. The molecule has 2 aliphatic rings. The van der Waals surface area contributed by atoms with E-state index in [1.165, 1.54) is 6.42 Å². The molecule has 8 heteroatoms. The fourth-order valence-electron chi connectivity index (χ4n) is 4.03. The maximum atomic E-state index is 6.12. The van der Waals surface area contributed by atoms with Crippen LogP contribution in [-0.4, -0.2) is 71.5 Å². The Balaban J connectivity index is 1.75. The van der Waals surface area contributed by atoms with Crippen molar-refractivity contribution in [3.05, 3.63) is 12.4 Å². The summed E-state index contributed by atoms with van der Waals surface area (Å²) in [5, 5.41) is 0. The van der Waals surface area contributed by atoms with Gasteiger partial charge in [0.1, 0.15) is 0 Å². The third kappa shape index (κ3) is 4.35. The summed E-state index contributed by atoms with van der Waals surface area (Å²) in [5.74, 6) is 0.773. The van der Waals surface area contributed by atoms with Crippen molar-refractivity contribution in [2.45, 2.75) is 77.7 Å². The molecular weight excluding hydrogens is 353 g/mol. The molecule has 2 aliphatic heterocycles. The number of piperidine rings is 1. The summed E-state index contributed by atoms with van der Waals surface area (Å²) in [7, 11) is -0.429. The van der Waals surface area contributed by atoms with E-state index >= 15 is 0 Å². The smallest absolute Gasteiger partial charge is 0.399 e. The lowest BCUT2D eigenvalue weighted by Gasteiger charge is -2.41. The minimum Gasteiger partial charge on any atom is -0.399 e. The molecule has 1 atom stereocenters. The first kappa shape index (κ1) is 21.5. The van der Waals surface area contributed by atoms with Crippen LogP contribution < -0.4 is 16.1 Å². The fourth-order valence-corrected chi connectivity index (χ4v) is 4.03. The molecule has 28 heavy (non-hydrogen) atoms. The van der Waals surface area contributed by atoms with Crippen LogP contribution in [0.1, 0.15) is 54.4 Å². The predicted octanol–water partition coefficient (Wildman–Crippen LogP) is 1.41. The number of nitrogens with zero attached hydrogens (tertiary/aromatic N) is 4. The Kier molecular flexibility index (Phi) is 6.34. The average molecular weight is 389 g/mol. The van der Waals surface area contributed by atoms with Crippen molar-refractivity contribution in [1.82, 2.24) is 14.9 Å². The third-order valence-corrected chi connectivity index (χ3v) is 6.29. The Bertz CT molecular complexity index is 635. The second-order valence-corrected chi connectivity index (χ2v) is 9.29. The second kappa shape index (κ2) is 8.26. The Hall–Kier alpha value is -1.22. The maximum absolute atomic E-state index is 6.12. The largest absolute Gasteiger partial charge is 0.498 e. The minimum absolute atomic E-state index is 0.325. The van der Waals surface area contributed by atoms with Gasteiger partial charge in [-0.25, -0.2) is 9.97 Å². The third-order valence-electron chi connectivity index (χ3n) is 6.29. The highest BCUT2D eigenvalue weighted by molar-refractivity contribution is 6.61. The summed E-state index contributed by atoms with van der Waals surface area (Å²) >= 11 is 0. The zero-order valence-corrected chi connectivity index (χ0v) is 18.3. The molecule has 7 nitrogen and oxygen atoms in total. The number of anilines is 1. The Morgan fingerprint density at radius 2 is 1.82 bits per heavy atom.